The molecule has 22 heavy (non-hydrogen) atoms. The summed E-state index contributed by atoms with van der Waals surface area (Å²) in [7, 11) is -3.35. The van der Waals surface area contributed by atoms with Crippen LogP contribution in [0.1, 0.15) is 15.9 Å². The third-order valence-electron chi connectivity index (χ3n) is 2.91. The summed E-state index contributed by atoms with van der Waals surface area (Å²) in [4.78, 5) is 12.2. The maximum absolute atomic E-state index is 12.2. The Morgan fingerprint density at radius 3 is 2.36 bits per heavy atom. The van der Waals surface area contributed by atoms with E-state index in [4.69, 9.17) is 11.6 Å². The van der Waals surface area contributed by atoms with Crippen LogP contribution in [-0.2, 0) is 10.0 Å². The van der Waals surface area contributed by atoms with E-state index in [1.165, 1.54) is 0 Å². The Bertz CT molecular complexity index is 819. The molecule has 2 aromatic carbocycles. The first-order valence-corrected chi connectivity index (χ1v) is 8.67. The highest BCUT2D eigenvalue weighted by atomic mass is 35.5. The number of hydrogen-bond donors (Lipinski definition) is 2. The molecule has 0 unspecified atom stereocenters. The monoisotopic (exact) mass is 338 g/mol. The summed E-state index contributed by atoms with van der Waals surface area (Å²) in [6, 6.07) is 11.6. The first kappa shape index (κ1) is 16.3. The van der Waals surface area contributed by atoms with Crippen molar-refractivity contribution in [3.63, 3.8) is 0 Å². The van der Waals surface area contributed by atoms with Crippen LogP contribution in [0, 0.1) is 6.92 Å². The van der Waals surface area contributed by atoms with Crippen LogP contribution in [0.5, 0.6) is 0 Å². The molecule has 0 aliphatic heterocycles. The Labute approximate surface area is 134 Å². The molecule has 2 rings (SSSR count). The third kappa shape index (κ3) is 4.22. The molecule has 2 aromatic rings. The van der Waals surface area contributed by atoms with Crippen LogP contribution in [0.4, 0.5) is 11.4 Å². The maximum Gasteiger partial charge on any atom is 0.255 e. The quantitative estimate of drug-likeness (QED) is 0.898. The lowest BCUT2D eigenvalue weighted by molar-refractivity contribution is 0.102. The molecule has 1 amide bonds. The SMILES string of the molecule is Cc1cc(C(=O)Nc2ccccc2Cl)ccc1NS(C)(=O)=O. The van der Waals surface area contributed by atoms with Crippen molar-refractivity contribution < 1.29 is 13.2 Å². The molecule has 0 spiro atoms. The lowest BCUT2D eigenvalue weighted by Crippen LogP contribution is -2.14. The second-order valence-electron chi connectivity index (χ2n) is 4.84. The summed E-state index contributed by atoms with van der Waals surface area (Å²) in [5.41, 5.74) is 2.02. The molecule has 0 saturated carbocycles. The largest absolute Gasteiger partial charge is 0.321 e. The molecule has 0 aliphatic carbocycles. The van der Waals surface area contributed by atoms with Crippen molar-refractivity contribution in [1.82, 2.24) is 0 Å². The van der Waals surface area contributed by atoms with Gasteiger partial charge in [-0.05, 0) is 42.8 Å². The van der Waals surface area contributed by atoms with Gasteiger partial charge in [-0.2, -0.15) is 0 Å². The van der Waals surface area contributed by atoms with Gasteiger partial charge < -0.3 is 5.32 Å². The smallest absolute Gasteiger partial charge is 0.255 e. The number of para-hydroxylation sites is 1. The van der Waals surface area contributed by atoms with E-state index in [1.54, 1.807) is 49.4 Å². The normalized spacial score (nSPS) is 11.0. The number of amides is 1. The molecule has 0 aromatic heterocycles. The van der Waals surface area contributed by atoms with Crippen molar-refractivity contribution in [2.75, 3.05) is 16.3 Å². The Morgan fingerprint density at radius 2 is 1.77 bits per heavy atom. The number of nitrogens with one attached hydrogen (secondary N) is 2. The molecule has 7 heteroatoms. The van der Waals surface area contributed by atoms with Crippen molar-refractivity contribution in [3.8, 4) is 0 Å². The van der Waals surface area contributed by atoms with E-state index in [-0.39, 0.29) is 5.91 Å². The fraction of sp³-hybridized carbons (Fsp3) is 0.133. The summed E-state index contributed by atoms with van der Waals surface area (Å²) < 4.78 is 24.9. The first-order chi connectivity index (χ1) is 10.3. The van der Waals surface area contributed by atoms with Gasteiger partial charge in [0.2, 0.25) is 10.0 Å². The van der Waals surface area contributed by atoms with Gasteiger partial charge in [-0.1, -0.05) is 23.7 Å². The van der Waals surface area contributed by atoms with E-state index in [1.807, 2.05) is 0 Å². The molecule has 2 N–H and O–H groups in total. The number of sulfonamides is 1. The van der Waals surface area contributed by atoms with Gasteiger partial charge in [0.15, 0.2) is 0 Å². The molecule has 116 valence electrons. The predicted octanol–water partition coefficient (Wildman–Crippen LogP) is 3.27. The summed E-state index contributed by atoms with van der Waals surface area (Å²) in [6.45, 7) is 1.72. The van der Waals surface area contributed by atoms with Gasteiger partial charge in [-0.3, -0.25) is 9.52 Å². The minimum atomic E-state index is -3.35. The number of anilines is 2. The average Bonchev–Trinajstić information content (AvgIpc) is 2.42. The van der Waals surface area contributed by atoms with Gasteiger partial charge in [0.25, 0.3) is 5.91 Å². The Balaban J connectivity index is 2.21. The molecule has 0 heterocycles. The number of carbonyl (C=O) groups excluding carboxylic acids is 1. The van der Waals surface area contributed by atoms with E-state index in [9.17, 15) is 13.2 Å². The van der Waals surface area contributed by atoms with E-state index < -0.39 is 10.0 Å². The summed E-state index contributed by atoms with van der Waals surface area (Å²) in [5, 5.41) is 3.16. The standard InChI is InChI=1S/C15H15ClN2O3S/c1-10-9-11(7-8-13(10)18-22(2,20)21)15(19)17-14-6-4-3-5-12(14)16/h3-9,18H,1-2H3,(H,17,19). The number of rotatable bonds is 4. The van der Waals surface area contributed by atoms with Gasteiger partial charge in [0.1, 0.15) is 0 Å². The van der Waals surface area contributed by atoms with Crippen molar-refractivity contribution in [2.24, 2.45) is 0 Å². The Kier molecular flexibility index (Phi) is 4.73. The van der Waals surface area contributed by atoms with Gasteiger partial charge in [-0.15, -0.1) is 0 Å². The molecule has 0 fully saturated rings. The number of halogens is 1. The van der Waals surface area contributed by atoms with Crippen LogP contribution in [0.25, 0.3) is 0 Å². The molecular weight excluding hydrogens is 324 g/mol. The third-order valence-corrected chi connectivity index (χ3v) is 3.83. The number of hydrogen-bond acceptors (Lipinski definition) is 3. The number of benzene rings is 2. The molecule has 5 nitrogen and oxygen atoms in total. The minimum Gasteiger partial charge on any atom is -0.321 e. The molecule has 0 aliphatic rings. The van der Waals surface area contributed by atoms with Crippen LogP contribution >= 0.6 is 11.6 Å². The molecule has 0 saturated heterocycles. The second-order valence-corrected chi connectivity index (χ2v) is 6.99. The topological polar surface area (TPSA) is 75.3 Å². The number of aryl methyl sites for hydroxylation is 1. The van der Waals surface area contributed by atoms with E-state index in [0.717, 1.165) is 6.26 Å². The zero-order chi connectivity index (χ0) is 16.3. The zero-order valence-electron chi connectivity index (χ0n) is 12.1. The summed E-state index contributed by atoms with van der Waals surface area (Å²) in [5.74, 6) is -0.317. The van der Waals surface area contributed by atoms with Crippen LogP contribution in [0.2, 0.25) is 5.02 Å². The van der Waals surface area contributed by atoms with E-state index in [0.29, 0.717) is 27.5 Å². The molecular formula is C15H15ClN2O3S. The maximum atomic E-state index is 12.2. The predicted molar refractivity (Wildman–Crippen MR) is 89.1 cm³/mol. The Hall–Kier alpha value is -2.05. The fourth-order valence-corrected chi connectivity index (χ4v) is 2.69. The summed E-state index contributed by atoms with van der Waals surface area (Å²) >= 11 is 5.99. The van der Waals surface area contributed by atoms with Crippen molar-refractivity contribution in [3.05, 3.63) is 58.6 Å². The lowest BCUT2D eigenvalue weighted by Gasteiger charge is -2.11. The molecule has 0 bridgehead atoms. The van der Waals surface area contributed by atoms with Gasteiger partial charge in [-0.25, -0.2) is 8.42 Å². The van der Waals surface area contributed by atoms with Gasteiger partial charge >= 0.3 is 0 Å². The first-order valence-electron chi connectivity index (χ1n) is 6.40. The van der Waals surface area contributed by atoms with Gasteiger partial charge in [0.05, 0.1) is 22.7 Å². The highest BCUT2D eigenvalue weighted by Gasteiger charge is 2.11. The van der Waals surface area contributed by atoms with Crippen LogP contribution in [0.15, 0.2) is 42.5 Å². The highest BCUT2D eigenvalue weighted by Crippen LogP contribution is 2.22. The lowest BCUT2D eigenvalue weighted by atomic mass is 10.1. The highest BCUT2D eigenvalue weighted by molar-refractivity contribution is 7.92. The van der Waals surface area contributed by atoms with Crippen LogP contribution in [0.3, 0.4) is 0 Å². The Morgan fingerprint density at radius 1 is 1.09 bits per heavy atom. The average molecular weight is 339 g/mol. The number of carbonyl (C=O) groups is 1. The second kappa shape index (κ2) is 6.37. The fourth-order valence-electron chi connectivity index (χ4n) is 1.88. The minimum absolute atomic E-state index is 0.317. The van der Waals surface area contributed by atoms with Gasteiger partial charge in [0, 0.05) is 5.56 Å². The summed E-state index contributed by atoms with van der Waals surface area (Å²) in [6.07, 6.45) is 1.07. The van der Waals surface area contributed by atoms with Crippen molar-refractivity contribution in [1.29, 1.82) is 0 Å². The van der Waals surface area contributed by atoms with Crippen LogP contribution in [-0.4, -0.2) is 20.6 Å². The van der Waals surface area contributed by atoms with E-state index >= 15 is 0 Å². The van der Waals surface area contributed by atoms with E-state index in [2.05, 4.69) is 10.0 Å². The van der Waals surface area contributed by atoms with Crippen molar-refractivity contribution in [2.45, 2.75) is 6.92 Å². The molecule has 0 radical (unpaired) electrons. The van der Waals surface area contributed by atoms with Crippen molar-refractivity contribution >= 4 is 38.9 Å². The molecule has 0 atom stereocenters. The zero-order valence-corrected chi connectivity index (χ0v) is 13.6. The van der Waals surface area contributed by atoms with Crippen LogP contribution < -0.4 is 10.0 Å².